The zero-order valence-electron chi connectivity index (χ0n) is 11.4. The minimum atomic E-state index is 0.00901. The molecule has 2 aliphatic rings. The normalized spacial score (nSPS) is 31.8. The van der Waals surface area contributed by atoms with E-state index in [2.05, 4.69) is 38.0 Å². The molecule has 0 aliphatic carbocycles. The van der Waals surface area contributed by atoms with Crippen LogP contribution in [0.4, 0.5) is 0 Å². The van der Waals surface area contributed by atoms with Gasteiger partial charge in [-0.15, -0.1) is 0 Å². The van der Waals surface area contributed by atoms with Crippen molar-refractivity contribution in [3.05, 3.63) is 0 Å². The van der Waals surface area contributed by atoms with Crippen molar-refractivity contribution in [3.8, 4) is 0 Å². The van der Waals surface area contributed by atoms with Crippen LogP contribution in [-0.2, 0) is 4.74 Å². The molecule has 1 saturated heterocycles. The fourth-order valence-corrected chi connectivity index (χ4v) is 3.28. The van der Waals surface area contributed by atoms with E-state index in [1.54, 1.807) is 0 Å². The number of ether oxygens (including phenoxy) is 1. The Kier molecular flexibility index (Phi) is 3.74. The lowest BCUT2D eigenvalue weighted by Gasteiger charge is -2.37. The molecule has 1 fully saturated rings. The summed E-state index contributed by atoms with van der Waals surface area (Å²) in [7, 11) is 0. The molecule has 0 spiro atoms. The van der Waals surface area contributed by atoms with E-state index in [0.717, 1.165) is 36.9 Å². The van der Waals surface area contributed by atoms with Crippen molar-refractivity contribution in [2.45, 2.75) is 52.2 Å². The molecule has 17 heavy (non-hydrogen) atoms. The number of nitrogens with one attached hydrogen (secondary N) is 1. The maximum atomic E-state index is 5.73. The number of hydrogen-bond donors (Lipinski definition) is 1. The molecule has 0 radical (unpaired) electrons. The predicted octanol–water partition coefficient (Wildman–Crippen LogP) is 2.66. The number of nitrogens with zero attached hydrogens (tertiary/aromatic N) is 1. The molecule has 3 nitrogen and oxygen atoms in total. The second kappa shape index (κ2) is 4.81. The van der Waals surface area contributed by atoms with Gasteiger partial charge in [0.25, 0.3) is 0 Å². The van der Waals surface area contributed by atoms with Gasteiger partial charge in [-0.2, -0.15) is 0 Å². The summed E-state index contributed by atoms with van der Waals surface area (Å²) < 4.78 is 5.73. The standard InChI is InChI=1S/C13H24N2OS/c1-12(2)8-14-11(17-9-12)15-10-5-6-16-13(3,4)7-10/h10H,5-9H2,1-4H3,(H,14,15). The van der Waals surface area contributed by atoms with Gasteiger partial charge in [-0.3, -0.25) is 4.99 Å². The molecular formula is C13H24N2OS. The van der Waals surface area contributed by atoms with Gasteiger partial charge < -0.3 is 10.1 Å². The third kappa shape index (κ3) is 3.88. The van der Waals surface area contributed by atoms with Gasteiger partial charge in [0.2, 0.25) is 0 Å². The summed E-state index contributed by atoms with van der Waals surface area (Å²) >= 11 is 1.86. The zero-order valence-corrected chi connectivity index (χ0v) is 12.2. The Morgan fingerprint density at radius 2 is 2.12 bits per heavy atom. The fourth-order valence-electron chi connectivity index (χ4n) is 2.26. The third-order valence-electron chi connectivity index (χ3n) is 3.28. The molecule has 0 aromatic heterocycles. The van der Waals surface area contributed by atoms with Crippen molar-refractivity contribution in [1.82, 2.24) is 5.32 Å². The van der Waals surface area contributed by atoms with Gasteiger partial charge in [0.05, 0.1) is 5.60 Å². The van der Waals surface area contributed by atoms with Crippen LogP contribution in [0.15, 0.2) is 4.99 Å². The van der Waals surface area contributed by atoms with E-state index in [1.807, 2.05) is 11.8 Å². The first-order valence-corrected chi connectivity index (χ1v) is 7.43. The molecule has 1 unspecified atom stereocenters. The highest BCUT2D eigenvalue weighted by Gasteiger charge is 2.30. The average molecular weight is 256 g/mol. The van der Waals surface area contributed by atoms with Crippen molar-refractivity contribution in [3.63, 3.8) is 0 Å². The van der Waals surface area contributed by atoms with E-state index in [1.165, 1.54) is 0 Å². The minimum Gasteiger partial charge on any atom is -0.375 e. The van der Waals surface area contributed by atoms with Crippen LogP contribution in [0.2, 0.25) is 0 Å². The van der Waals surface area contributed by atoms with E-state index < -0.39 is 0 Å². The van der Waals surface area contributed by atoms with E-state index >= 15 is 0 Å². The van der Waals surface area contributed by atoms with Crippen LogP contribution in [-0.4, -0.2) is 35.7 Å². The fraction of sp³-hybridized carbons (Fsp3) is 0.923. The molecule has 2 rings (SSSR count). The van der Waals surface area contributed by atoms with Crippen molar-refractivity contribution >= 4 is 16.9 Å². The van der Waals surface area contributed by atoms with Crippen LogP contribution in [0.3, 0.4) is 0 Å². The van der Waals surface area contributed by atoms with Crippen molar-refractivity contribution in [1.29, 1.82) is 0 Å². The van der Waals surface area contributed by atoms with Crippen LogP contribution < -0.4 is 5.32 Å². The minimum absolute atomic E-state index is 0.00901. The Labute approximate surface area is 109 Å². The zero-order chi connectivity index (χ0) is 12.5. The number of aliphatic imine (C=N–C) groups is 1. The largest absolute Gasteiger partial charge is 0.375 e. The molecule has 0 saturated carbocycles. The van der Waals surface area contributed by atoms with Crippen LogP contribution in [0.1, 0.15) is 40.5 Å². The first-order valence-electron chi connectivity index (χ1n) is 6.44. The smallest absolute Gasteiger partial charge is 0.156 e. The lowest BCUT2D eigenvalue weighted by molar-refractivity contribution is -0.0603. The van der Waals surface area contributed by atoms with Gasteiger partial charge in [-0.25, -0.2) is 0 Å². The lowest BCUT2D eigenvalue weighted by atomic mass is 9.94. The monoisotopic (exact) mass is 256 g/mol. The van der Waals surface area contributed by atoms with Gasteiger partial charge in [0.15, 0.2) is 5.17 Å². The quantitative estimate of drug-likeness (QED) is 0.783. The van der Waals surface area contributed by atoms with Gasteiger partial charge in [-0.1, -0.05) is 25.6 Å². The first kappa shape index (κ1) is 13.2. The van der Waals surface area contributed by atoms with Crippen LogP contribution in [0.5, 0.6) is 0 Å². The van der Waals surface area contributed by atoms with Crippen LogP contribution >= 0.6 is 11.8 Å². The highest BCUT2D eigenvalue weighted by Crippen LogP contribution is 2.29. The SMILES string of the molecule is CC1(C)CN=C(NC2CCOC(C)(C)C2)SC1. The van der Waals surface area contributed by atoms with Gasteiger partial charge in [0.1, 0.15) is 0 Å². The van der Waals surface area contributed by atoms with E-state index in [4.69, 9.17) is 4.74 Å². The maximum Gasteiger partial charge on any atom is 0.156 e. The molecule has 0 amide bonds. The Morgan fingerprint density at radius 1 is 1.35 bits per heavy atom. The Hall–Kier alpha value is -0.220. The third-order valence-corrected chi connectivity index (χ3v) is 4.72. The molecular weight excluding hydrogens is 232 g/mol. The molecule has 0 aromatic rings. The highest BCUT2D eigenvalue weighted by molar-refractivity contribution is 8.13. The summed E-state index contributed by atoms with van der Waals surface area (Å²) in [6, 6.07) is 0.520. The molecule has 0 bridgehead atoms. The predicted molar refractivity (Wildman–Crippen MR) is 74.7 cm³/mol. The summed E-state index contributed by atoms with van der Waals surface area (Å²) in [4.78, 5) is 4.65. The van der Waals surface area contributed by atoms with Gasteiger partial charge in [0, 0.05) is 24.9 Å². The Morgan fingerprint density at radius 3 is 2.71 bits per heavy atom. The summed E-state index contributed by atoms with van der Waals surface area (Å²) in [5.74, 6) is 1.16. The summed E-state index contributed by atoms with van der Waals surface area (Å²) in [6.45, 7) is 10.7. The van der Waals surface area contributed by atoms with Gasteiger partial charge >= 0.3 is 0 Å². The summed E-state index contributed by atoms with van der Waals surface area (Å²) in [5, 5.41) is 4.72. The Balaban J connectivity index is 1.87. The second-order valence-electron chi connectivity index (χ2n) is 6.52. The second-order valence-corrected chi connectivity index (χ2v) is 7.48. The topological polar surface area (TPSA) is 33.6 Å². The highest BCUT2D eigenvalue weighted by atomic mass is 32.2. The molecule has 98 valence electrons. The molecule has 1 atom stereocenters. The van der Waals surface area contributed by atoms with Crippen molar-refractivity contribution < 1.29 is 4.74 Å². The van der Waals surface area contributed by atoms with Gasteiger partial charge in [-0.05, 0) is 32.1 Å². The van der Waals surface area contributed by atoms with Crippen LogP contribution in [0.25, 0.3) is 0 Å². The molecule has 0 aromatic carbocycles. The number of rotatable bonds is 1. The van der Waals surface area contributed by atoms with Crippen molar-refractivity contribution in [2.24, 2.45) is 10.4 Å². The van der Waals surface area contributed by atoms with Crippen LogP contribution in [0, 0.1) is 5.41 Å². The van der Waals surface area contributed by atoms with E-state index in [-0.39, 0.29) is 5.60 Å². The summed E-state index contributed by atoms with van der Waals surface area (Å²) in [5.41, 5.74) is 0.361. The number of hydrogen-bond acceptors (Lipinski definition) is 4. The number of amidine groups is 1. The van der Waals surface area contributed by atoms with E-state index in [9.17, 15) is 0 Å². The molecule has 1 N–H and O–H groups in total. The first-order chi connectivity index (χ1) is 7.86. The number of thioether (sulfide) groups is 1. The lowest BCUT2D eigenvalue weighted by Crippen LogP contribution is -2.46. The molecule has 2 aliphatic heterocycles. The van der Waals surface area contributed by atoms with Crippen molar-refractivity contribution in [2.75, 3.05) is 18.9 Å². The maximum absolute atomic E-state index is 5.73. The Bertz CT molecular complexity index is 313. The summed E-state index contributed by atoms with van der Waals surface area (Å²) in [6.07, 6.45) is 2.16. The van der Waals surface area contributed by atoms with E-state index in [0.29, 0.717) is 11.5 Å². The molecule has 4 heteroatoms. The average Bonchev–Trinajstić information content (AvgIpc) is 2.20. The molecule has 2 heterocycles.